The summed E-state index contributed by atoms with van der Waals surface area (Å²) in [5.74, 6) is 0. The van der Waals surface area contributed by atoms with Gasteiger partial charge in [-0.25, -0.2) is 4.98 Å². The zero-order valence-electron chi connectivity index (χ0n) is 7.34. The zero-order valence-corrected chi connectivity index (χ0v) is 8.16. The van der Waals surface area contributed by atoms with E-state index in [9.17, 15) is 0 Å². The Morgan fingerprint density at radius 3 is 3.08 bits per heavy atom. The summed E-state index contributed by atoms with van der Waals surface area (Å²) in [5, 5.41) is 4.77. The minimum atomic E-state index is 0.539. The maximum atomic E-state index is 4.40. The molecule has 1 saturated heterocycles. The zero-order chi connectivity index (χ0) is 8.39. The van der Waals surface area contributed by atoms with E-state index in [0.717, 1.165) is 6.54 Å². The molecule has 1 atom stereocenters. The van der Waals surface area contributed by atoms with Crippen molar-refractivity contribution in [2.45, 2.75) is 32.2 Å². The standard InChI is InChI=1S/C9H14N2S/c1-7-6-11-9(12-7)8-4-2-3-5-10-8/h6,8,10H,2-5H2,1H3/t8-/m0/s1. The Balaban J connectivity index is 2.08. The maximum Gasteiger partial charge on any atom is 0.110 e. The highest BCUT2D eigenvalue weighted by Crippen LogP contribution is 2.25. The second kappa shape index (κ2) is 3.54. The van der Waals surface area contributed by atoms with Crippen molar-refractivity contribution in [3.63, 3.8) is 0 Å². The lowest BCUT2D eigenvalue weighted by molar-refractivity contribution is 0.411. The van der Waals surface area contributed by atoms with E-state index in [4.69, 9.17) is 0 Å². The number of nitrogens with zero attached hydrogens (tertiary/aromatic N) is 1. The molecule has 0 aliphatic carbocycles. The van der Waals surface area contributed by atoms with Crippen molar-refractivity contribution in [3.8, 4) is 0 Å². The first-order valence-corrected chi connectivity index (χ1v) is 5.33. The summed E-state index contributed by atoms with van der Waals surface area (Å²) >= 11 is 1.82. The lowest BCUT2D eigenvalue weighted by atomic mass is 10.1. The fourth-order valence-electron chi connectivity index (χ4n) is 1.60. The van der Waals surface area contributed by atoms with Gasteiger partial charge in [0, 0.05) is 11.1 Å². The molecule has 66 valence electrons. The normalized spacial score (nSPS) is 24.2. The van der Waals surface area contributed by atoms with Crippen molar-refractivity contribution in [3.05, 3.63) is 16.1 Å². The molecule has 1 N–H and O–H groups in total. The molecule has 1 aliphatic heterocycles. The number of aryl methyl sites for hydroxylation is 1. The fraction of sp³-hybridized carbons (Fsp3) is 0.667. The molecule has 0 radical (unpaired) electrons. The van der Waals surface area contributed by atoms with Crippen molar-refractivity contribution < 1.29 is 0 Å². The Morgan fingerprint density at radius 2 is 2.50 bits per heavy atom. The predicted octanol–water partition coefficient (Wildman–Crippen LogP) is 2.27. The van der Waals surface area contributed by atoms with Crippen molar-refractivity contribution in [2.75, 3.05) is 6.54 Å². The van der Waals surface area contributed by atoms with E-state index in [1.807, 2.05) is 17.5 Å². The smallest absolute Gasteiger partial charge is 0.110 e. The van der Waals surface area contributed by atoms with E-state index >= 15 is 0 Å². The molecular formula is C9H14N2S. The summed E-state index contributed by atoms with van der Waals surface area (Å²) in [5.41, 5.74) is 0. The number of nitrogens with one attached hydrogen (secondary N) is 1. The molecule has 12 heavy (non-hydrogen) atoms. The van der Waals surface area contributed by atoms with Crippen LogP contribution in [-0.2, 0) is 0 Å². The molecule has 1 fully saturated rings. The van der Waals surface area contributed by atoms with Crippen LogP contribution < -0.4 is 5.32 Å². The molecule has 0 spiro atoms. The molecule has 0 bridgehead atoms. The van der Waals surface area contributed by atoms with Crippen LogP contribution in [0.3, 0.4) is 0 Å². The van der Waals surface area contributed by atoms with E-state index in [2.05, 4.69) is 17.2 Å². The first-order chi connectivity index (χ1) is 5.86. The molecule has 1 aliphatic rings. The average Bonchev–Trinajstić information content (AvgIpc) is 2.54. The lowest BCUT2D eigenvalue weighted by Crippen LogP contribution is -2.26. The van der Waals surface area contributed by atoms with Crippen molar-refractivity contribution >= 4 is 11.3 Å². The third kappa shape index (κ3) is 1.67. The minimum Gasteiger partial charge on any atom is -0.308 e. The van der Waals surface area contributed by atoms with Gasteiger partial charge in [0.25, 0.3) is 0 Å². The number of thiazole rings is 1. The lowest BCUT2D eigenvalue weighted by Gasteiger charge is -2.20. The number of hydrogen-bond acceptors (Lipinski definition) is 3. The summed E-state index contributed by atoms with van der Waals surface area (Å²) in [7, 11) is 0. The molecule has 2 nitrogen and oxygen atoms in total. The number of rotatable bonds is 1. The second-order valence-corrected chi connectivity index (χ2v) is 4.58. The second-order valence-electron chi connectivity index (χ2n) is 3.31. The highest BCUT2D eigenvalue weighted by atomic mass is 32.1. The highest BCUT2D eigenvalue weighted by Gasteiger charge is 2.16. The summed E-state index contributed by atoms with van der Waals surface area (Å²) < 4.78 is 0. The maximum absolute atomic E-state index is 4.40. The molecule has 0 aromatic carbocycles. The number of hydrogen-bond donors (Lipinski definition) is 1. The van der Waals surface area contributed by atoms with Crippen molar-refractivity contribution in [1.82, 2.24) is 10.3 Å². The van der Waals surface area contributed by atoms with Crippen molar-refractivity contribution in [1.29, 1.82) is 0 Å². The van der Waals surface area contributed by atoms with Gasteiger partial charge in [-0.3, -0.25) is 0 Å². The van der Waals surface area contributed by atoms with Gasteiger partial charge in [-0.2, -0.15) is 0 Å². The average molecular weight is 182 g/mol. The molecule has 1 aromatic heterocycles. The first kappa shape index (κ1) is 8.20. The van der Waals surface area contributed by atoms with Crippen LogP contribution in [0.2, 0.25) is 0 Å². The van der Waals surface area contributed by atoms with Crippen molar-refractivity contribution in [2.24, 2.45) is 0 Å². The molecule has 0 amide bonds. The third-order valence-electron chi connectivity index (χ3n) is 2.25. The van der Waals surface area contributed by atoms with Crippen LogP contribution in [0.1, 0.15) is 35.2 Å². The van der Waals surface area contributed by atoms with E-state index in [1.165, 1.54) is 29.1 Å². The Morgan fingerprint density at radius 1 is 1.58 bits per heavy atom. The summed E-state index contributed by atoms with van der Waals surface area (Å²) in [6.07, 6.45) is 5.89. The van der Waals surface area contributed by atoms with E-state index in [1.54, 1.807) is 0 Å². The fourth-order valence-corrected chi connectivity index (χ4v) is 2.48. The number of piperidine rings is 1. The van der Waals surface area contributed by atoms with Gasteiger partial charge in [0.15, 0.2) is 0 Å². The molecule has 0 unspecified atom stereocenters. The Kier molecular flexibility index (Phi) is 2.42. The largest absolute Gasteiger partial charge is 0.308 e. The molecular weight excluding hydrogens is 168 g/mol. The predicted molar refractivity (Wildman–Crippen MR) is 51.4 cm³/mol. The molecule has 1 aromatic rings. The van der Waals surface area contributed by atoms with Crippen LogP contribution >= 0.6 is 11.3 Å². The Hall–Kier alpha value is -0.410. The van der Waals surface area contributed by atoms with E-state index in [-0.39, 0.29) is 0 Å². The van der Waals surface area contributed by atoms with Crippen LogP contribution in [0.4, 0.5) is 0 Å². The van der Waals surface area contributed by atoms with Gasteiger partial charge >= 0.3 is 0 Å². The van der Waals surface area contributed by atoms with Gasteiger partial charge in [-0.1, -0.05) is 6.42 Å². The topological polar surface area (TPSA) is 24.9 Å². The van der Waals surface area contributed by atoms with Crippen LogP contribution in [0, 0.1) is 6.92 Å². The quantitative estimate of drug-likeness (QED) is 0.720. The molecule has 3 heteroatoms. The van der Waals surface area contributed by atoms with Crippen LogP contribution in [-0.4, -0.2) is 11.5 Å². The molecule has 2 heterocycles. The number of aromatic nitrogens is 1. The van der Waals surface area contributed by atoms with Crippen LogP contribution in [0.5, 0.6) is 0 Å². The Bertz CT molecular complexity index is 251. The van der Waals surface area contributed by atoms with Gasteiger partial charge in [-0.05, 0) is 26.3 Å². The van der Waals surface area contributed by atoms with Gasteiger partial charge in [0.2, 0.25) is 0 Å². The van der Waals surface area contributed by atoms with E-state index in [0.29, 0.717) is 6.04 Å². The molecule has 2 rings (SSSR count). The minimum absolute atomic E-state index is 0.539. The molecule has 0 saturated carbocycles. The van der Waals surface area contributed by atoms with Gasteiger partial charge in [-0.15, -0.1) is 11.3 Å². The van der Waals surface area contributed by atoms with Gasteiger partial charge in [0.1, 0.15) is 5.01 Å². The van der Waals surface area contributed by atoms with Crippen LogP contribution in [0.15, 0.2) is 6.20 Å². The summed E-state index contributed by atoms with van der Waals surface area (Å²) in [6.45, 7) is 3.27. The van der Waals surface area contributed by atoms with Gasteiger partial charge in [0.05, 0.1) is 6.04 Å². The Labute approximate surface area is 77.0 Å². The highest BCUT2D eigenvalue weighted by molar-refractivity contribution is 7.11. The van der Waals surface area contributed by atoms with Crippen LogP contribution in [0.25, 0.3) is 0 Å². The third-order valence-corrected chi connectivity index (χ3v) is 3.27. The monoisotopic (exact) mass is 182 g/mol. The summed E-state index contributed by atoms with van der Waals surface area (Å²) in [4.78, 5) is 5.71. The first-order valence-electron chi connectivity index (χ1n) is 4.52. The SMILES string of the molecule is Cc1cnc([C@@H]2CCCCN2)s1. The van der Waals surface area contributed by atoms with E-state index < -0.39 is 0 Å². The summed E-state index contributed by atoms with van der Waals surface area (Å²) in [6, 6.07) is 0.539. The van der Waals surface area contributed by atoms with Gasteiger partial charge < -0.3 is 5.32 Å².